The second-order valence-corrected chi connectivity index (χ2v) is 13.9. The summed E-state index contributed by atoms with van der Waals surface area (Å²) in [5.41, 5.74) is 8.27. The molecule has 4 heterocycles. The lowest BCUT2D eigenvalue weighted by Crippen LogP contribution is -2.28. The lowest BCUT2D eigenvalue weighted by atomic mass is 10.0. The molecule has 2 aromatic carbocycles. The molecule has 2 aliphatic rings. The third-order valence-electron chi connectivity index (χ3n) is 7.86. The fraction of sp³-hybridized carbons (Fsp3) is 0.300. The second kappa shape index (κ2) is 10.8. The summed E-state index contributed by atoms with van der Waals surface area (Å²) in [5, 5.41) is 12.7. The average molecular weight is 645 g/mol. The Morgan fingerprint density at radius 3 is 2.62 bits per heavy atom. The summed E-state index contributed by atoms with van der Waals surface area (Å²) in [6, 6.07) is 8.90. The van der Waals surface area contributed by atoms with E-state index < -0.39 is 7.92 Å². The number of anilines is 5. The molecule has 214 valence electrons. The number of hydrogen-bond acceptors (Lipinski definition) is 9. The molecule has 0 saturated heterocycles. The van der Waals surface area contributed by atoms with Crippen LogP contribution < -0.4 is 25.6 Å². The molecule has 42 heavy (non-hydrogen) atoms. The first kappa shape index (κ1) is 27.0. The summed E-state index contributed by atoms with van der Waals surface area (Å²) in [6.45, 7) is 5.40. The highest BCUT2D eigenvalue weighted by Crippen LogP contribution is 2.46. The molecule has 1 aliphatic carbocycles. The summed E-state index contributed by atoms with van der Waals surface area (Å²) >= 11 is 3.64. The molecule has 5 aromatic rings. The van der Waals surface area contributed by atoms with Gasteiger partial charge >= 0.3 is 0 Å². The van der Waals surface area contributed by atoms with Crippen LogP contribution in [0.3, 0.4) is 0 Å². The lowest BCUT2D eigenvalue weighted by Gasteiger charge is -2.26. The van der Waals surface area contributed by atoms with E-state index in [2.05, 4.69) is 77.0 Å². The van der Waals surface area contributed by atoms with Crippen molar-refractivity contribution in [3.63, 3.8) is 0 Å². The predicted molar refractivity (Wildman–Crippen MR) is 174 cm³/mol. The van der Waals surface area contributed by atoms with Crippen LogP contribution in [0.5, 0.6) is 5.75 Å². The minimum atomic E-state index is -0.474. The largest absolute Gasteiger partial charge is 0.494 e. The fourth-order valence-corrected chi connectivity index (χ4v) is 7.22. The van der Waals surface area contributed by atoms with E-state index in [1.54, 1.807) is 25.7 Å². The minimum Gasteiger partial charge on any atom is -0.494 e. The summed E-state index contributed by atoms with van der Waals surface area (Å²) in [6.07, 6.45) is 10.6. The van der Waals surface area contributed by atoms with E-state index in [9.17, 15) is 0 Å². The SMILES string of the molecule is COc1cc2c(cc1Nc1ncc(Br)c(Nc3ccc4nccnc4c3P(C)C)n1)-c1cnn(C)c1CCN2C1CC1. The van der Waals surface area contributed by atoms with Gasteiger partial charge < -0.3 is 20.3 Å². The number of benzene rings is 2. The van der Waals surface area contributed by atoms with Crippen LogP contribution in [-0.2, 0) is 13.5 Å². The molecule has 3 aromatic heterocycles. The Morgan fingerprint density at radius 2 is 1.83 bits per heavy atom. The first-order chi connectivity index (χ1) is 20.4. The van der Waals surface area contributed by atoms with Crippen molar-refractivity contribution >= 4 is 69.0 Å². The van der Waals surface area contributed by atoms with Gasteiger partial charge in [0.1, 0.15) is 11.6 Å². The van der Waals surface area contributed by atoms with E-state index in [0.717, 1.165) is 62.0 Å². The first-order valence-electron chi connectivity index (χ1n) is 13.9. The molecular weight excluding hydrogens is 613 g/mol. The zero-order valence-corrected chi connectivity index (χ0v) is 26.4. The van der Waals surface area contributed by atoms with Crippen molar-refractivity contribution in [1.29, 1.82) is 0 Å². The van der Waals surface area contributed by atoms with E-state index in [1.165, 1.54) is 24.2 Å². The number of aryl methyl sites for hydroxylation is 1. The van der Waals surface area contributed by atoms with Gasteiger partial charge in [-0.25, -0.2) is 4.98 Å². The molecule has 12 heteroatoms. The average Bonchev–Trinajstić information content (AvgIpc) is 3.78. The number of ether oxygens (including phenoxy) is 1. The van der Waals surface area contributed by atoms with Crippen LogP contribution in [0.1, 0.15) is 18.5 Å². The van der Waals surface area contributed by atoms with E-state index in [0.29, 0.717) is 17.8 Å². The first-order valence-corrected chi connectivity index (χ1v) is 16.9. The molecule has 10 nitrogen and oxygen atoms in total. The molecule has 1 saturated carbocycles. The van der Waals surface area contributed by atoms with E-state index in [4.69, 9.17) is 9.72 Å². The highest BCUT2D eigenvalue weighted by Gasteiger charge is 2.34. The smallest absolute Gasteiger partial charge is 0.229 e. The van der Waals surface area contributed by atoms with Gasteiger partial charge in [0.05, 0.1) is 34.5 Å². The highest BCUT2D eigenvalue weighted by molar-refractivity contribution is 9.10. The molecular formula is C30H31BrN9OP. The molecule has 0 amide bonds. The van der Waals surface area contributed by atoms with Crippen molar-refractivity contribution in [1.82, 2.24) is 29.7 Å². The Morgan fingerprint density at radius 1 is 1.00 bits per heavy atom. The van der Waals surface area contributed by atoms with E-state index >= 15 is 0 Å². The summed E-state index contributed by atoms with van der Waals surface area (Å²) < 4.78 is 8.64. The van der Waals surface area contributed by atoms with Crippen LogP contribution in [0, 0.1) is 0 Å². The number of nitrogens with one attached hydrogen (secondary N) is 2. The predicted octanol–water partition coefficient (Wildman–Crippen LogP) is 5.97. The Bertz CT molecular complexity index is 1820. The molecule has 0 unspecified atom stereocenters. The van der Waals surface area contributed by atoms with Gasteiger partial charge in [-0.3, -0.25) is 14.6 Å². The Balaban J connectivity index is 1.26. The maximum absolute atomic E-state index is 5.90. The molecule has 2 N–H and O–H groups in total. The fourth-order valence-electron chi connectivity index (χ4n) is 5.72. The second-order valence-electron chi connectivity index (χ2n) is 10.8. The lowest BCUT2D eigenvalue weighted by molar-refractivity contribution is 0.417. The van der Waals surface area contributed by atoms with Crippen molar-refractivity contribution in [3.05, 3.63) is 59.2 Å². The van der Waals surface area contributed by atoms with Crippen LogP contribution in [0.15, 0.2) is 53.5 Å². The van der Waals surface area contributed by atoms with Gasteiger partial charge in [-0.15, -0.1) is 0 Å². The maximum atomic E-state index is 5.90. The third-order valence-corrected chi connectivity index (χ3v) is 9.79. The van der Waals surface area contributed by atoms with Gasteiger partial charge in [0, 0.05) is 84.2 Å². The molecule has 0 atom stereocenters. The van der Waals surface area contributed by atoms with Crippen LogP contribution in [0.4, 0.5) is 28.8 Å². The number of rotatable bonds is 7. The molecule has 1 fully saturated rings. The van der Waals surface area contributed by atoms with Gasteiger partial charge in [-0.05, 0) is 60.3 Å². The monoisotopic (exact) mass is 643 g/mol. The van der Waals surface area contributed by atoms with Gasteiger partial charge in [-0.1, -0.05) is 7.92 Å². The quantitative estimate of drug-likeness (QED) is 0.207. The molecule has 0 spiro atoms. The maximum Gasteiger partial charge on any atom is 0.229 e. The topological polar surface area (TPSA) is 106 Å². The highest BCUT2D eigenvalue weighted by atomic mass is 79.9. The third kappa shape index (κ3) is 4.84. The zero-order chi connectivity index (χ0) is 29.0. The van der Waals surface area contributed by atoms with E-state index in [1.807, 2.05) is 30.1 Å². The molecule has 0 radical (unpaired) electrons. The van der Waals surface area contributed by atoms with Gasteiger partial charge in [0.2, 0.25) is 5.95 Å². The standard InChI is InChI=1S/C30H31BrN9OP/c1-39-24-9-12-40(17-5-6-17)25-14-26(41-2)23(13-18(25)19(24)15-35-39)37-30-34-16-20(31)29(38-30)36-22-8-7-21-27(28(22)42(3)4)33-11-10-32-21/h7-8,10-11,13-17H,5-6,9,12H2,1-4H3,(H2,34,36,37,38). The summed E-state index contributed by atoms with van der Waals surface area (Å²) in [7, 11) is 3.25. The van der Waals surface area contributed by atoms with Crippen LogP contribution in [0.25, 0.3) is 22.2 Å². The Labute approximate surface area is 253 Å². The van der Waals surface area contributed by atoms with Crippen molar-refractivity contribution < 1.29 is 4.74 Å². The van der Waals surface area contributed by atoms with Crippen molar-refractivity contribution in [2.75, 3.05) is 42.5 Å². The number of methoxy groups -OCH3 is 1. The Hall–Kier alpha value is -3.82. The van der Waals surface area contributed by atoms with Crippen LogP contribution in [-0.4, -0.2) is 62.7 Å². The van der Waals surface area contributed by atoms with Crippen LogP contribution in [0.2, 0.25) is 0 Å². The molecule has 7 rings (SSSR count). The number of hydrogen-bond donors (Lipinski definition) is 2. The summed E-state index contributed by atoms with van der Waals surface area (Å²) in [5.74, 6) is 1.85. The van der Waals surface area contributed by atoms with Gasteiger partial charge in [0.15, 0.2) is 0 Å². The zero-order valence-electron chi connectivity index (χ0n) is 23.9. The van der Waals surface area contributed by atoms with Crippen molar-refractivity contribution in [2.24, 2.45) is 7.05 Å². The molecule has 1 aliphatic heterocycles. The van der Waals surface area contributed by atoms with Crippen LogP contribution >= 0.6 is 23.9 Å². The van der Waals surface area contributed by atoms with E-state index in [-0.39, 0.29) is 0 Å². The molecule has 0 bridgehead atoms. The number of halogens is 1. The van der Waals surface area contributed by atoms with Gasteiger partial charge in [0.25, 0.3) is 0 Å². The van der Waals surface area contributed by atoms with Crippen molar-refractivity contribution in [2.45, 2.75) is 25.3 Å². The number of aromatic nitrogens is 6. The van der Waals surface area contributed by atoms with Crippen molar-refractivity contribution in [3.8, 4) is 16.9 Å². The summed E-state index contributed by atoms with van der Waals surface area (Å²) in [4.78, 5) is 21.1. The van der Waals surface area contributed by atoms with Gasteiger partial charge in [-0.2, -0.15) is 10.1 Å². The Kier molecular flexibility index (Phi) is 6.94. The number of nitrogens with zero attached hydrogens (tertiary/aromatic N) is 7. The number of fused-ring (bicyclic) bond motifs is 4. The normalized spacial score (nSPS) is 14.5. The minimum absolute atomic E-state index is 0.454.